The molecule has 1 aromatic carbocycles. The lowest BCUT2D eigenvalue weighted by atomic mass is 9.63. The summed E-state index contributed by atoms with van der Waals surface area (Å²) in [5.41, 5.74) is 1.58. The number of hydrogen-bond donors (Lipinski definition) is 0. The Hall–Kier alpha value is -1.16. The van der Waals surface area contributed by atoms with Crippen LogP contribution in [-0.4, -0.2) is 35.2 Å². The first-order valence-corrected chi connectivity index (χ1v) is 9.91. The molecular weight excluding hydrogens is 304 g/mol. The largest absolute Gasteiger partial charge is 0.491 e. The average molecular weight is 330 g/mol. The first-order chi connectivity index (χ1) is 11.2. The van der Waals surface area contributed by atoms with E-state index in [0.29, 0.717) is 0 Å². The molecule has 3 nitrogen and oxygen atoms in total. The summed E-state index contributed by atoms with van der Waals surface area (Å²) in [7, 11) is 0. The van der Waals surface area contributed by atoms with E-state index in [9.17, 15) is 0 Å². The standard InChI is InChI=1S/C19H26N2OS/c1-3-14(2)22-17-6-4-15(5-7-17)19-10-8-16(9-11-19)21-12-13-23-20-18(19)21/h4-7,14,16H,3,8-13H2,1-2H3. The third-order valence-electron chi connectivity index (χ3n) is 5.84. The zero-order chi connectivity index (χ0) is 15.9. The maximum atomic E-state index is 5.94. The molecule has 1 atom stereocenters. The molecule has 5 rings (SSSR count). The molecule has 23 heavy (non-hydrogen) atoms. The van der Waals surface area contributed by atoms with Crippen LogP contribution in [0.3, 0.4) is 0 Å². The molecule has 0 aromatic heterocycles. The number of amidine groups is 1. The van der Waals surface area contributed by atoms with Crippen molar-refractivity contribution in [3.05, 3.63) is 29.8 Å². The van der Waals surface area contributed by atoms with Crippen molar-refractivity contribution in [3.8, 4) is 5.75 Å². The monoisotopic (exact) mass is 330 g/mol. The van der Waals surface area contributed by atoms with Crippen molar-refractivity contribution in [2.75, 3.05) is 12.3 Å². The van der Waals surface area contributed by atoms with E-state index in [1.54, 1.807) is 11.9 Å². The Labute approximate surface area is 143 Å². The van der Waals surface area contributed by atoms with Crippen molar-refractivity contribution >= 4 is 17.8 Å². The summed E-state index contributed by atoms with van der Waals surface area (Å²) in [6.45, 7) is 5.46. The first kappa shape index (κ1) is 15.4. The van der Waals surface area contributed by atoms with E-state index in [-0.39, 0.29) is 11.5 Å². The number of ether oxygens (including phenoxy) is 1. The molecule has 3 heterocycles. The van der Waals surface area contributed by atoms with E-state index in [0.717, 1.165) is 24.0 Å². The quantitative estimate of drug-likeness (QED) is 0.764. The van der Waals surface area contributed by atoms with E-state index < -0.39 is 0 Å². The molecule has 124 valence electrons. The summed E-state index contributed by atoms with van der Waals surface area (Å²) in [6, 6.07) is 9.60. The SMILES string of the molecule is CCC(C)Oc1ccc(C23CCC(CC2)N2CCSN=C23)cc1. The number of hydrogen-bond acceptors (Lipinski definition) is 4. The van der Waals surface area contributed by atoms with Gasteiger partial charge in [0, 0.05) is 18.3 Å². The Bertz CT molecular complexity index is 590. The van der Waals surface area contributed by atoms with E-state index in [1.807, 2.05) is 0 Å². The summed E-state index contributed by atoms with van der Waals surface area (Å²) in [5.74, 6) is 3.48. The van der Waals surface area contributed by atoms with Crippen LogP contribution in [0.25, 0.3) is 0 Å². The first-order valence-electron chi connectivity index (χ1n) is 8.97. The lowest BCUT2D eigenvalue weighted by molar-refractivity contribution is 0.152. The highest BCUT2D eigenvalue weighted by Crippen LogP contribution is 2.49. The number of piperidine rings is 2. The Morgan fingerprint density at radius 1 is 1.30 bits per heavy atom. The van der Waals surface area contributed by atoms with E-state index in [2.05, 4.69) is 43.0 Å². The van der Waals surface area contributed by atoms with E-state index >= 15 is 0 Å². The minimum absolute atomic E-state index is 0.150. The van der Waals surface area contributed by atoms with Crippen LogP contribution in [-0.2, 0) is 5.41 Å². The van der Waals surface area contributed by atoms with Gasteiger partial charge in [-0.25, -0.2) is 4.40 Å². The molecule has 0 amide bonds. The van der Waals surface area contributed by atoms with Gasteiger partial charge in [-0.1, -0.05) is 19.1 Å². The molecule has 3 aliphatic heterocycles. The van der Waals surface area contributed by atoms with Crippen LogP contribution >= 0.6 is 11.9 Å². The fourth-order valence-corrected chi connectivity index (χ4v) is 5.11. The molecule has 3 fully saturated rings. The minimum atomic E-state index is 0.150. The van der Waals surface area contributed by atoms with Crippen molar-refractivity contribution in [3.63, 3.8) is 0 Å². The van der Waals surface area contributed by atoms with Crippen LogP contribution in [0.15, 0.2) is 28.7 Å². The normalized spacial score (nSPS) is 30.6. The molecule has 4 aliphatic rings. The van der Waals surface area contributed by atoms with Gasteiger partial charge in [0.05, 0.1) is 11.5 Å². The maximum Gasteiger partial charge on any atom is 0.123 e. The highest BCUT2D eigenvalue weighted by molar-refractivity contribution is 7.98. The van der Waals surface area contributed by atoms with Gasteiger partial charge in [-0.15, -0.1) is 0 Å². The van der Waals surface area contributed by atoms with Crippen LogP contribution in [0.5, 0.6) is 5.75 Å². The summed E-state index contributed by atoms with van der Waals surface area (Å²) in [4.78, 5) is 2.60. The molecule has 1 aliphatic carbocycles. The van der Waals surface area contributed by atoms with Crippen LogP contribution in [0.2, 0.25) is 0 Å². The summed E-state index contributed by atoms with van der Waals surface area (Å²) >= 11 is 1.75. The molecule has 1 saturated carbocycles. The summed E-state index contributed by atoms with van der Waals surface area (Å²) in [5, 5.41) is 0. The molecule has 2 saturated heterocycles. The lowest BCUT2D eigenvalue weighted by Crippen LogP contribution is -2.61. The van der Waals surface area contributed by atoms with Gasteiger partial charge in [0.1, 0.15) is 11.6 Å². The molecule has 4 heteroatoms. The third-order valence-corrected chi connectivity index (χ3v) is 6.51. The van der Waals surface area contributed by atoms with E-state index in [4.69, 9.17) is 9.13 Å². The van der Waals surface area contributed by atoms with Gasteiger partial charge >= 0.3 is 0 Å². The van der Waals surface area contributed by atoms with Crippen LogP contribution in [0.4, 0.5) is 0 Å². The Kier molecular flexibility index (Phi) is 4.04. The summed E-state index contributed by atoms with van der Waals surface area (Å²) < 4.78 is 10.8. The van der Waals surface area contributed by atoms with Crippen LogP contribution in [0, 0.1) is 0 Å². The molecule has 0 spiro atoms. The Morgan fingerprint density at radius 2 is 2.04 bits per heavy atom. The maximum absolute atomic E-state index is 5.94. The number of fused-ring (bicyclic) bond motifs is 2. The Balaban J connectivity index is 1.64. The smallest absolute Gasteiger partial charge is 0.123 e. The van der Waals surface area contributed by atoms with Gasteiger partial charge < -0.3 is 9.64 Å². The van der Waals surface area contributed by atoms with Gasteiger partial charge in [-0.3, -0.25) is 0 Å². The lowest BCUT2D eigenvalue weighted by Gasteiger charge is -2.55. The zero-order valence-electron chi connectivity index (χ0n) is 14.1. The highest BCUT2D eigenvalue weighted by Gasteiger charge is 2.51. The van der Waals surface area contributed by atoms with Gasteiger partial charge in [0.25, 0.3) is 0 Å². The predicted molar refractivity (Wildman–Crippen MR) is 97.4 cm³/mol. The second-order valence-electron chi connectivity index (χ2n) is 7.12. The number of nitrogens with zero attached hydrogens (tertiary/aromatic N) is 2. The van der Waals surface area contributed by atoms with Gasteiger partial charge in [0.2, 0.25) is 0 Å². The second kappa shape index (κ2) is 6.04. The van der Waals surface area contributed by atoms with Crippen molar-refractivity contribution in [2.45, 2.75) is 63.5 Å². The van der Waals surface area contributed by atoms with Crippen molar-refractivity contribution in [2.24, 2.45) is 4.40 Å². The minimum Gasteiger partial charge on any atom is -0.491 e. The number of rotatable bonds is 4. The number of benzene rings is 1. The molecule has 1 unspecified atom stereocenters. The third kappa shape index (κ3) is 2.55. The molecular formula is C19H26N2OS. The second-order valence-corrected chi connectivity index (χ2v) is 7.96. The average Bonchev–Trinajstić information content (AvgIpc) is 2.63. The zero-order valence-corrected chi connectivity index (χ0v) is 14.9. The molecule has 0 radical (unpaired) electrons. The predicted octanol–water partition coefficient (Wildman–Crippen LogP) is 4.42. The topological polar surface area (TPSA) is 24.8 Å². The molecule has 0 N–H and O–H groups in total. The van der Waals surface area contributed by atoms with Crippen LogP contribution < -0.4 is 4.74 Å². The Morgan fingerprint density at radius 3 is 2.74 bits per heavy atom. The van der Waals surface area contributed by atoms with Crippen molar-refractivity contribution < 1.29 is 4.74 Å². The van der Waals surface area contributed by atoms with Crippen LogP contribution in [0.1, 0.15) is 51.5 Å². The highest BCUT2D eigenvalue weighted by atomic mass is 32.2. The summed E-state index contributed by atoms with van der Waals surface area (Å²) in [6.07, 6.45) is 6.44. The fraction of sp³-hybridized carbons (Fsp3) is 0.632. The van der Waals surface area contributed by atoms with Crippen molar-refractivity contribution in [1.82, 2.24) is 4.90 Å². The van der Waals surface area contributed by atoms with Crippen molar-refractivity contribution in [1.29, 1.82) is 0 Å². The van der Waals surface area contributed by atoms with Gasteiger partial charge in [-0.2, -0.15) is 0 Å². The van der Waals surface area contributed by atoms with Gasteiger partial charge in [0.15, 0.2) is 0 Å². The van der Waals surface area contributed by atoms with Gasteiger partial charge in [-0.05, 0) is 68.7 Å². The molecule has 2 bridgehead atoms. The van der Waals surface area contributed by atoms with E-state index in [1.165, 1.54) is 43.6 Å². The molecule has 1 aromatic rings. The fourth-order valence-electron chi connectivity index (χ4n) is 4.34.